The molecule has 0 aliphatic rings. The van der Waals surface area contributed by atoms with E-state index >= 15 is 0 Å². The van der Waals surface area contributed by atoms with Crippen LogP contribution in [0.5, 0.6) is 0 Å². The van der Waals surface area contributed by atoms with Gasteiger partial charge in [0.05, 0.1) is 0 Å². The van der Waals surface area contributed by atoms with Gasteiger partial charge >= 0.3 is 73.7 Å². The fourth-order valence-corrected chi connectivity index (χ4v) is 0.624. The average Bonchev–Trinajstić information content (AvgIpc) is 1.41. The minimum atomic E-state index is -1.76. The first kappa shape index (κ1) is 11.1. The van der Waals surface area contributed by atoms with Crippen molar-refractivity contribution in [3.05, 3.63) is 0 Å². The van der Waals surface area contributed by atoms with E-state index < -0.39 is 74.0 Å². The van der Waals surface area contributed by atoms with Crippen LogP contribution in [0.1, 0.15) is 0 Å². The third-order valence-corrected chi connectivity index (χ3v) is 3.06. The van der Waals surface area contributed by atoms with E-state index in [4.69, 9.17) is 0 Å². The van der Waals surface area contributed by atoms with Crippen molar-refractivity contribution in [2.75, 3.05) is 0 Å². The summed E-state index contributed by atoms with van der Waals surface area (Å²) in [7, 11) is 0. The standard InChI is InChI=1S/H2O.3O.2Sm/h1H2;;;;;. The molecule has 0 spiro atoms. The van der Waals surface area contributed by atoms with Gasteiger partial charge in [0.1, 0.15) is 0 Å². The zero-order valence-electron chi connectivity index (χ0n) is 2.54. The third-order valence-electron chi connectivity index (χ3n) is 0.0556. The van der Waals surface area contributed by atoms with Crippen molar-refractivity contribution in [1.82, 2.24) is 0 Å². The van der Waals surface area contributed by atoms with Crippen molar-refractivity contribution in [1.29, 1.82) is 0 Å². The number of hydrogen-bond acceptors (Lipinski definition) is 3. The summed E-state index contributed by atoms with van der Waals surface area (Å²) in [6, 6.07) is 0. The van der Waals surface area contributed by atoms with Gasteiger partial charge in [-0.15, -0.1) is 0 Å². The van der Waals surface area contributed by atoms with Crippen LogP contribution in [0.3, 0.4) is 0 Å². The molecule has 0 heterocycles. The maximum absolute atomic E-state index is 9.32. The first-order valence-corrected chi connectivity index (χ1v) is 4.94. The van der Waals surface area contributed by atoms with Gasteiger partial charge in [-0.2, -0.15) is 0 Å². The molecule has 6 heteroatoms. The molecule has 0 bridgehead atoms. The zero-order valence-corrected chi connectivity index (χ0v) is 7.78. The fraction of sp³-hybridized carbons (Fsp3) is 0. The van der Waals surface area contributed by atoms with Crippen LogP contribution in [-0.4, -0.2) is 5.48 Å². The van der Waals surface area contributed by atoms with Crippen molar-refractivity contribution in [2.24, 2.45) is 0 Å². The van der Waals surface area contributed by atoms with E-state index in [1.807, 2.05) is 0 Å². The summed E-state index contributed by atoms with van der Waals surface area (Å²) in [5.74, 6) is 0. The van der Waals surface area contributed by atoms with Gasteiger partial charge in [0.15, 0.2) is 0 Å². The third kappa shape index (κ3) is 9.50. The van der Waals surface area contributed by atoms with Crippen LogP contribution in [0.2, 0.25) is 0 Å². The second-order valence-electron chi connectivity index (χ2n) is 0.204. The normalized spacial score (nSPS) is 5.33. The first-order valence-electron chi connectivity index (χ1n) is 0.667. The Morgan fingerprint density at radius 2 is 1.50 bits per heavy atom. The molecular weight excluding hydrogens is 365 g/mol. The van der Waals surface area contributed by atoms with E-state index in [1.54, 1.807) is 0 Å². The predicted octanol–water partition coefficient (Wildman–Crippen LogP) is -1.13. The van der Waals surface area contributed by atoms with E-state index in [0.29, 0.717) is 0 Å². The molecule has 0 aromatic carbocycles. The zero-order chi connectivity index (χ0) is 4.12. The summed E-state index contributed by atoms with van der Waals surface area (Å²) in [4.78, 5) is 0. The molecule has 0 aromatic heterocycles. The van der Waals surface area contributed by atoms with Gasteiger partial charge in [-0.05, 0) is 0 Å². The fourth-order valence-electron chi connectivity index (χ4n) is 0.0113. The Labute approximate surface area is 77.0 Å². The van der Waals surface area contributed by atoms with Crippen LogP contribution < -0.4 is 0 Å². The molecular formula is H2O4Sm2. The molecule has 0 amide bonds. The Balaban J connectivity index is 0. The van der Waals surface area contributed by atoms with Crippen molar-refractivity contribution in [2.45, 2.75) is 0 Å². The number of rotatable bonds is 2. The molecule has 38 valence electrons. The molecule has 0 aliphatic heterocycles. The van der Waals surface area contributed by atoms with E-state index in [1.165, 1.54) is 0 Å². The van der Waals surface area contributed by atoms with Gasteiger partial charge in [-0.3, -0.25) is 0 Å². The van der Waals surface area contributed by atoms with Crippen molar-refractivity contribution in [3.63, 3.8) is 0 Å². The van der Waals surface area contributed by atoms with Crippen LogP contribution >= 0.6 is 0 Å². The first-order chi connectivity index (χ1) is 2.41. The van der Waals surface area contributed by atoms with E-state index in [-0.39, 0.29) is 5.48 Å². The Bertz CT molecular complexity index is 34.8. The second-order valence-corrected chi connectivity index (χ2v) is 4.75. The van der Waals surface area contributed by atoms with Gasteiger partial charge < -0.3 is 5.48 Å². The Kier molecular flexibility index (Phi) is 18.9. The van der Waals surface area contributed by atoms with Crippen LogP contribution in [-0.2, 0) is -0.284 Å². The molecule has 0 rings (SSSR count). The minimum absolute atomic E-state index is 0. The molecule has 0 radical (unpaired) electrons. The van der Waals surface area contributed by atoms with Crippen molar-refractivity contribution in [3.8, 4) is 0 Å². The summed E-state index contributed by atoms with van der Waals surface area (Å²) in [6.07, 6.45) is 0. The Morgan fingerprint density at radius 3 is 1.50 bits per heavy atom. The molecule has 6 heavy (non-hydrogen) atoms. The van der Waals surface area contributed by atoms with Crippen LogP contribution in [0.15, 0.2) is 0 Å². The molecule has 2 N–H and O–H groups in total. The van der Waals surface area contributed by atoms with E-state index in [9.17, 15) is 2.21 Å². The van der Waals surface area contributed by atoms with Gasteiger partial charge in [-0.25, -0.2) is 0 Å². The van der Waals surface area contributed by atoms with Gasteiger partial charge in [0.25, 0.3) is 0 Å². The van der Waals surface area contributed by atoms with Crippen molar-refractivity contribution >= 4 is 0 Å². The van der Waals surface area contributed by atoms with Crippen LogP contribution in [0.25, 0.3) is 0 Å². The van der Waals surface area contributed by atoms with Crippen LogP contribution in [0, 0.1) is 74.0 Å². The number of hydrogen-bond donors (Lipinski definition) is 0. The molecule has 0 unspecified atom stereocenters. The molecule has 0 fully saturated rings. The monoisotopic (exact) mass is 370 g/mol. The molecule has 0 aromatic rings. The summed E-state index contributed by atoms with van der Waals surface area (Å²) in [5, 5.41) is 0. The maximum atomic E-state index is 9.32. The predicted molar refractivity (Wildman–Crippen MR) is 6.07 cm³/mol. The molecule has 0 aliphatic carbocycles. The summed E-state index contributed by atoms with van der Waals surface area (Å²) >= 11 is -3.52. The van der Waals surface area contributed by atoms with Crippen molar-refractivity contribution < 1.29 is 79.2 Å². The molecule has 0 saturated heterocycles. The van der Waals surface area contributed by atoms with E-state index in [0.717, 1.165) is 0 Å². The van der Waals surface area contributed by atoms with Gasteiger partial charge in [0.2, 0.25) is 0 Å². The average molecular weight is 367 g/mol. The Morgan fingerprint density at radius 1 is 1.17 bits per heavy atom. The van der Waals surface area contributed by atoms with E-state index in [2.05, 4.69) is -2.50 Å². The quantitative estimate of drug-likeness (QED) is 0.620. The SMILES string of the molecule is O.[O]=[Sm][O][Sm]=[O]. The Hall–Kier alpha value is 2.20. The molecule has 4 nitrogen and oxygen atoms in total. The molecule has 0 saturated carbocycles. The summed E-state index contributed by atoms with van der Waals surface area (Å²) in [6.45, 7) is 0. The second kappa shape index (κ2) is 10.2. The summed E-state index contributed by atoms with van der Waals surface area (Å²) in [5.41, 5.74) is 0. The topological polar surface area (TPSA) is 74.9 Å². The van der Waals surface area contributed by atoms with Gasteiger partial charge in [-0.1, -0.05) is 0 Å². The summed E-state index contributed by atoms with van der Waals surface area (Å²) < 4.78 is 22.7. The van der Waals surface area contributed by atoms with Crippen LogP contribution in [0.4, 0.5) is 0 Å². The van der Waals surface area contributed by atoms with Gasteiger partial charge in [0, 0.05) is 0 Å². The molecule has 0 atom stereocenters.